The molecule has 11 nitrogen and oxygen atoms in total. The SMILES string of the molecule is CC(C)(C)OC(=O)N[C@@H]1c2ccccc2OC12CCN(c1nc3c(cnn3C3CCCCO3)nc1CO)CC2. The Morgan fingerprint density at radius 2 is 2.00 bits per heavy atom. The van der Waals surface area contributed by atoms with Gasteiger partial charge in [0, 0.05) is 38.1 Å². The van der Waals surface area contributed by atoms with E-state index in [0.29, 0.717) is 55.2 Å². The minimum atomic E-state index is -0.619. The van der Waals surface area contributed by atoms with Crippen LogP contribution in [0.3, 0.4) is 0 Å². The van der Waals surface area contributed by atoms with Crippen molar-refractivity contribution in [3.63, 3.8) is 0 Å². The maximum absolute atomic E-state index is 12.8. The lowest BCUT2D eigenvalue weighted by Crippen LogP contribution is -2.54. The van der Waals surface area contributed by atoms with Gasteiger partial charge in [-0.3, -0.25) is 0 Å². The molecule has 2 aromatic heterocycles. The Bertz CT molecular complexity index is 1350. The highest BCUT2D eigenvalue weighted by atomic mass is 16.6. The normalized spacial score (nSPS) is 22.5. The van der Waals surface area contributed by atoms with Crippen molar-refractivity contribution in [1.82, 2.24) is 25.1 Å². The Kier molecular flexibility index (Phi) is 6.58. The fourth-order valence-corrected chi connectivity index (χ4v) is 5.88. The van der Waals surface area contributed by atoms with Gasteiger partial charge >= 0.3 is 6.09 Å². The number of alkyl carbamates (subject to hydrolysis) is 1. The molecule has 2 fully saturated rings. The molecule has 3 aliphatic heterocycles. The van der Waals surface area contributed by atoms with Crippen molar-refractivity contribution in [1.29, 1.82) is 0 Å². The highest BCUT2D eigenvalue weighted by Gasteiger charge is 2.51. The number of nitrogens with one attached hydrogen (secondary N) is 1. The van der Waals surface area contributed by atoms with E-state index in [4.69, 9.17) is 24.2 Å². The number of hydrogen-bond acceptors (Lipinski definition) is 9. The van der Waals surface area contributed by atoms with Crippen LogP contribution in [0.5, 0.6) is 5.75 Å². The van der Waals surface area contributed by atoms with Gasteiger partial charge in [0.2, 0.25) is 0 Å². The first-order chi connectivity index (χ1) is 18.8. The molecule has 0 aliphatic carbocycles. The smallest absolute Gasteiger partial charge is 0.408 e. The number of aliphatic hydroxyl groups excluding tert-OH is 1. The summed E-state index contributed by atoms with van der Waals surface area (Å²) in [6.07, 6.45) is 5.34. The molecule has 2 saturated heterocycles. The Labute approximate surface area is 227 Å². The zero-order chi connectivity index (χ0) is 27.2. The Morgan fingerprint density at radius 3 is 2.72 bits per heavy atom. The molecule has 1 spiro atoms. The van der Waals surface area contributed by atoms with Gasteiger partial charge in [-0.2, -0.15) is 5.10 Å². The molecule has 6 rings (SSSR count). The van der Waals surface area contributed by atoms with Crippen LogP contribution in [0, 0.1) is 0 Å². The molecule has 208 valence electrons. The number of hydrogen-bond donors (Lipinski definition) is 2. The van der Waals surface area contributed by atoms with E-state index in [1.54, 1.807) is 6.20 Å². The number of rotatable bonds is 4. The molecule has 1 aromatic carbocycles. The number of anilines is 1. The van der Waals surface area contributed by atoms with Gasteiger partial charge in [-0.15, -0.1) is 0 Å². The van der Waals surface area contributed by atoms with Gasteiger partial charge < -0.3 is 29.5 Å². The van der Waals surface area contributed by atoms with E-state index in [2.05, 4.69) is 15.3 Å². The molecule has 11 heteroatoms. The maximum Gasteiger partial charge on any atom is 0.408 e. The summed E-state index contributed by atoms with van der Waals surface area (Å²) >= 11 is 0. The summed E-state index contributed by atoms with van der Waals surface area (Å²) in [4.78, 5) is 24.6. The standard InChI is InChI=1S/C28H36N6O5/c1-27(2,3)39-26(36)31-23-18-8-4-5-9-21(18)38-28(23)11-13-33(14-12-28)24-20(17-35)30-19-16-29-34(25(19)32-24)22-10-6-7-15-37-22/h4-5,8-9,16,22-23,35H,6-7,10-15,17H2,1-3H3,(H,31,36)/t22?,23-/m1/s1. The van der Waals surface area contributed by atoms with Gasteiger partial charge in [0.15, 0.2) is 17.7 Å². The predicted molar refractivity (Wildman–Crippen MR) is 143 cm³/mol. The van der Waals surface area contributed by atoms with Gasteiger partial charge in [-0.05, 0) is 46.1 Å². The summed E-state index contributed by atoms with van der Waals surface area (Å²) in [5.74, 6) is 1.42. The second kappa shape index (κ2) is 9.95. The van der Waals surface area contributed by atoms with E-state index < -0.39 is 17.3 Å². The molecule has 5 heterocycles. The topological polar surface area (TPSA) is 124 Å². The maximum atomic E-state index is 12.8. The number of amides is 1. The fraction of sp³-hybridized carbons (Fsp3) is 0.571. The Morgan fingerprint density at radius 1 is 1.21 bits per heavy atom. The van der Waals surface area contributed by atoms with Gasteiger partial charge in [0.05, 0.1) is 12.8 Å². The number of para-hydroxylation sites is 1. The van der Waals surface area contributed by atoms with Crippen molar-refractivity contribution >= 4 is 23.1 Å². The number of carbonyl (C=O) groups excluding carboxylic acids is 1. The minimum Gasteiger partial charge on any atom is -0.484 e. The molecule has 3 aromatic rings. The van der Waals surface area contributed by atoms with E-state index in [-0.39, 0.29) is 18.9 Å². The van der Waals surface area contributed by atoms with Crippen LogP contribution in [0.1, 0.15) is 76.4 Å². The van der Waals surface area contributed by atoms with Crippen LogP contribution in [-0.2, 0) is 16.1 Å². The summed E-state index contributed by atoms with van der Waals surface area (Å²) in [5, 5.41) is 17.8. The van der Waals surface area contributed by atoms with E-state index in [0.717, 1.165) is 30.6 Å². The number of aromatic nitrogens is 4. The fourth-order valence-electron chi connectivity index (χ4n) is 5.88. The average Bonchev–Trinajstić information content (AvgIpc) is 3.46. The van der Waals surface area contributed by atoms with E-state index in [1.807, 2.05) is 49.7 Å². The lowest BCUT2D eigenvalue weighted by molar-refractivity contribution is -0.0370. The molecular formula is C28H36N6O5. The van der Waals surface area contributed by atoms with E-state index >= 15 is 0 Å². The number of carbonyl (C=O) groups is 1. The van der Waals surface area contributed by atoms with E-state index in [9.17, 15) is 9.90 Å². The van der Waals surface area contributed by atoms with Crippen LogP contribution >= 0.6 is 0 Å². The summed E-state index contributed by atoms with van der Waals surface area (Å²) in [7, 11) is 0. The van der Waals surface area contributed by atoms with Crippen molar-refractivity contribution in [3.8, 4) is 5.75 Å². The molecule has 2 atom stereocenters. The van der Waals surface area contributed by atoms with Crippen molar-refractivity contribution in [2.24, 2.45) is 0 Å². The molecule has 0 radical (unpaired) electrons. The third kappa shape index (κ3) is 4.89. The number of aliphatic hydroxyl groups is 1. The third-order valence-corrected chi connectivity index (χ3v) is 7.69. The lowest BCUT2D eigenvalue weighted by Gasteiger charge is -2.42. The van der Waals surface area contributed by atoms with Gasteiger partial charge in [-0.25, -0.2) is 19.4 Å². The lowest BCUT2D eigenvalue weighted by atomic mass is 9.82. The predicted octanol–water partition coefficient (Wildman–Crippen LogP) is 4.02. The molecule has 2 N–H and O–H groups in total. The minimum absolute atomic E-state index is 0.159. The van der Waals surface area contributed by atoms with Crippen molar-refractivity contribution in [2.75, 3.05) is 24.6 Å². The zero-order valence-corrected chi connectivity index (χ0v) is 22.7. The first kappa shape index (κ1) is 25.8. The second-order valence-electron chi connectivity index (χ2n) is 11.5. The van der Waals surface area contributed by atoms with Crippen LogP contribution in [0.2, 0.25) is 0 Å². The number of nitrogens with zero attached hydrogens (tertiary/aromatic N) is 5. The van der Waals surface area contributed by atoms with Crippen LogP contribution in [0.25, 0.3) is 11.2 Å². The monoisotopic (exact) mass is 536 g/mol. The quantitative estimate of drug-likeness (QED) is 0.509. The summed E-state index contributed by atoms with van der Waals surface area (Å²) in [6.45, 7) is 7.25. The Hall–Kier alpha value is -3.44. The van der Waals surface area contributed by atoms with E-state index in [1.165, 1.54) is 0 Å². The molecular weight excluding hydrogens is 500 g/mol. The van der Waals surface area contributed by atoms with Crippen molar-refractivity contribution in [3.05, 3.63) is 41.7 Å². The van der Waals surface area contributed by atoms with Crippen LogP contribution < -0.4 is 15.0 Å². The number of piperidine rings is 1. The molecule has 0 bridgehead atoms. The van der Waals surface area contributed by atoms with Gasteiger partial charge in [0.25, 0.3) is 0 Å². The molecule has 1 unspecified atom stereocenters. The van der Waals surface area contributed by atoms with Crippen LogP contribution in [-0.4, -0.2) is 61.8 Å². The second-order valence-corrected chi connectivity index (χ2v) is 11.5. The third-order valence-electron chi connectivity index (χ3n) is 7.69. The van der Waals surface area contributed by atoms with Crippen LogP contribution in [0.15, 0.2) is 30.5 Å². The summed E-state index contributed by atoms with van der Waals surface area (Å²) in [5.41, 5.74) is 1.54. The molecule has 39 heavy (non-hydrogen) atoms. The highest BCUT2D eigenvalue weighted by molar-refractivity contribution is 5.73. The summed E-state index contributed by atoms with van der Waals surface area (Å²) in [6, 6.07) is 7.49. The van der Waals surface area contributed by atoms with Crippen molar-refractivity contribution in [2.45, 2.75) is 83.0 Å². The highest BCUT2D eigenvalue weighted by Crippen LogP contribution is 2.49. The summed E-state index contributed by atoms with van der Waals surface area (Å²) < 4.78 is 19.9. The van der Waals surface area contributed by atoms with Gasteiger partial charge in [0.1, 0.15) is 34.2 Å². The molecule has 1 amide bonds. The molecule has 0 saturated carbocycles. The Balaban J connectivity index is 1.26. The largest absolute Gasteiger partial charge is 0.484 e. The number of fused-ring (bicyclic) bond motifs is 2. The number of benzene rings is 1. The number of ether oxygens (including phenoxy) is 3. The zero-order valence-electron chi connectivity index (χ0n) is 22.7. The van der Waals surface area contributed by atoms with Crippen molar-refractivity contribution < 1.29 is 24.1 Å². The van der Waals surface area contributed by atoms with Gasteiger partial charge in [-0.1, -0.05) is 18.2 Å². The molecule has 3 aliphatic rings. The first-order valence-corrected chi connectivity index (χ1v) is 13.8. The average molecular weight is 537 g/mol. The first-order valence-electron chi connectivity index (χ1n) is 13.8. The van der Waals surface area contributed by atoms with Crippen LogP contribution in [0.4, 0.5) is 10.6 Å².